The summed E-state index contributed by atoms with van der Waals surface area (Å²) < 4.78 is 7.00. The first kappa shape index (κ1) is 20.8. The van der Waals surface area contributed by atoms with Gasteiger partial charge in [-0.3, -0.25) is 19.5 Å². The Morgan fingerprint density at radius 1 is 1.29 bits per heavy atom. The topological polar surface area (TPSA) is 90.0 Å². The number of nitrogens with zero attached hydrogens (tertiary/aromatic N) is 3. The number of aryl methyl sites for hydroxylation is 3. The van der Waals surface area contributed by atoms with Gasteiger partial charge in [-0.25, -0.2) is 4.98 Å². The fourth-order valence-electron chi connectivity index (χ4n) is 4.62. The Hall–Kier alpha value is -2.13. The number of rotatable bonds is 5. The lowest BCUT2D eigenvalue weighted by Crippen LogP contribution is -2.29. The molecule has 3 aromatic heterocycles. The zero-order valence-electron chi connectivity index (χ0n) is 17.8. The third-order valence-corrected chi connectivity index (χ3v) is 8.46. The summed E-state index contributed by atoms with van der Waals surface area (Å²) in [4.78, 5) is 33.5. The monoisotopic (exact) mass is 458 g/mol. The van der Waals surface area contributed by atoms with Gasteiger partial charge < -0.3 is 4.52 Å². The summed E-state index contributed by atoms with van der Waals surface area (Å²) in [6.07, 6.45) is 8.56. The van der Waals surface area contributed by atoms with E-state index < -0.39 is 5.25 Å². The van der Waals surface area contributed by atoms with Gasteiger partial charge in [0, 0.05) is 17.0 Å². The second-order valence-corrected chi connectivity index (χ2v) is 10.9. The molecule has 0 aromatic carbocycles. The first-order chi connectivity index (χ1) is 15.0. The molecule has 1 unspecified atom stereocenters. The van der Waals surface area contributed by atoms with E-state index >= 15 is 0 Å². The third kappa shape index (κ3) is 3.93. The molecule has 7 nitrogen and oxygen atoms in total. The van der Waals surface area contributed by atoms with E-state index in [9.17, 15) is 9.59 Å². The van der Waals surface area contributed by atoms with Gasteiger partial charge in [0.25, 0.3) is 5.56 Å². The predicted octanol–water partition coefficient (Wildman–Crippen LogP) is 4.87. The molecular formula is C22H26N4O3S2. The SMILES string of the molecule is Cc1cc(NC(=O)C(C)Sc2nc3sc4c(c3c(=O)n2C2CCCC2)CCCC4)on1. The second-order valence-electron chi connectivity index (χ2n) is 8.48. The minimum absolute atomic E-state index is 0.0808. The van der Waals surface area contributed by atoms with E-state index in [2.05, 4.69) is 10.5 Å². The molecule has 9 heteroatoms. The maximum Gasteiger partial charge on any atom is 0.263 e. The Morgan fingerprint density at radius 2 is 2.06 bits per heavy atom. The molecule has 0 aliphatic heterocycles. The van der Waals surface area contributed by atoms with E-state index in [1.807, 2.05) is 11.5 Å². The summed E-state index contributed by atoms with van der Waals surface area (Å²) in [6.45, 7) is 3.63. The zero-order valence-corrected chi connectivity index (χ0v) is 19.4. The number of hydrogen-bond donors (Lipinski definition) is 1. The molecule has 1 amide bonds. The number of thiophene rings is 1. The van der Waals surface area contributed by atoms with E-state index in [-0.39, 0.29) is 17.5 Å². The molecule has 2 aliphatic rings. The van der Waals surface area contributed by atoms with Gasteiger partial charge in [0.05, 0.1) is 16.3 Å². The highest BCUT2D eigenvalue weighted by molar-refractivity contribution is 8.00. The van der Waals surface area contributed by atoms with Crippen molar-refractivity contribution in [3.63, 3.8) is 0 Å². The summed E-state index contributed by atoms with van der Waals surface area (Å²) >= 11 is 3.01. The van der Waals surface area contributed by atoms with Crippen molar-refractivity contribution in [1.29, 1.82) is 0 Å². The quantitative estimate of drug-likeness (QED) is 0.433. The Kier molecular flexibility index (Phi) is 5.64. The first-order valence-corrected chi connectivity index (χ1v) is 12.7. The fourth-order valence-corrected chi connectivity index (χ4v) is 6.90. The van der Waals surface area contributed by atoms with E-state index in [4.69, 9.17) is 9.51 Å². The van der Waals surface area contributed by atoms with Crippen LogP contribution in [0.1, 0.15) is 67.6 Å². The Labute approximate surface area is 188 Å². The highest BCUT2D eigenvalue weighted by atomic mass is 32.2. The number of anilines is 1. The van der Waals surface area contributed by atoms with Crippen molar-refractivity contribution in [2.75, 3.05) is 5.32 Å². The summed E-state index contributed by atoms with van der Waals surface area (Å²) in [7, 11) is 0. The molecule has 0 saturated heterocycles. The number of amides is 1. The van der Waals surface area contributed by atoms with Crippen LogP contribution in [0.5, 0.6) is 0 Å². The maximum atomic E-state index is 13.7. The van der Waals surface area contributed by atoms with Crippen molar-refractivity contribution >= 4 is 45.1 Å². The average molecular weight is 459 g/mol. The second kappa shape index (κ2) is 8.43. The number of fused-ring (bicyclic) bond motifs is 3. The predicted molar refractivity (Wildman–Crippen MR) is 123 cm³/mol. The summed E-state index contributed by atoms with van der Waals surface area (Å²) in [6, 6.07) is 1.85. The van der Waals surface area contributed by atoms with Gasteiger partial charge in [-0.05, 0) is 57.9 Å². The molecule has 31 heavy (non-hydrogen) atoms. The molecular weight excluding hydrogens is 432 g/mol. The number of aromatic nitrogens is 3. The van der Waals surface area contributed by atoms with Crippen LogP contribution in [-0.2, 0) is 17.6 Å². The van der Waals surface area contributed by atoms with Crippen LogP contribution < -0.4 is 10.9 Å². The van der Waals surface area contributed by atoms with Crippen LogP contribution in [0.25, 0.3) is 10.2 Å². The van der Waals surface area contributed by atoms with Crippen LogP contribution in [-0.4, -0.2) is 25.9 Å². The Morgan fingerprint density at radius 3 is 2.81 bits per heavy atom. The lowest BCUT2D eigenvalue weighted by atomic mass is 9.97. The highest BCUT2D eigenvalue weighted by Gasteiger charge is 2.28. The molecule has 164 valence electrons. The van der Waals surface area contributed by atoms with Gasteiger partial charge in [-0.15, -0.1) is 11.3 Å². The molecule has 0 bridgehead atoms. The van der Waals surface area contributed by atoms with Crippen molar-refractivity contribution in [2.45, 2.75) is 81.7 Å². The highest BCUT2D eigenvalue weighted by Crippen LogP contribution is 2.38. The molecule has 3 aromatic rings. The zero-order chi connectivity index (χ0) is 21.5. The molecule has 5 rings (SSSR count). The van der Waals surface area contributed by atoms with Crippen molar-refractivity contribution in [2.24, 2.45) is 0 Å². The van der Waals surface area contributed by atoms with Gasteiger partial charge in [-0.1, -0.05) is 29.8 Å². The van der Waals surface area contributed by atoms with Crippen molar-refractivity contribution in [3.05, 3.63) is 32.6 Å². The van der Waals surface area contributed by atoms with Gasteiger partial charge in [-0.2, -0.15) is 0 Å². The van der Waals surface area contributed by atoms with Crippen molar-refractivity contribution < 1.29 is 9.32 Å². The van der Waals surface area contributed by atoms with Crippen LogP contribution in [0.4, 0.5) is 5.88 Å². The summed E-state index contributed by atoms with van der Waals surface area (Å²) in [5.41, 5.74) is 2.01. The Bertz CT molecular complexity index is 1190. The largest absolute Gasteiger partial charge is 0.338 e. The lowest BCUT2D eigenvalue weighted by molar-refractivity contribution is -0.115. The Balaban J connectivity index is 1.51. The van der Waals surface area contributed by atoms with Crippen molar-refractivity contribution in [1.82, 2.24) is 14.7 Å². The molecule has 1 N–H and O–H groups in total. The van der Waals surface area contributed by atoms with Crippen LogP contribution in [0.15, 0.2) is 20.5 Å². The molecule has 3 heterocycles. The van der Waals surface area contributed by atoms with Crippen LogP contribution >= 0.6 is 23.1 Å². The molecule has 1 saturated carbocycles. The number of carbonyl (C=O) groups is 1. The van der Waals surface area contributed by atoms with Crippen LogP contribution in [0, 0.1) is 6.92 Å². The van der Waals surface area contributed by atoms with E-state index in [0.29, 0.717) is 16.7 Å². The summed E-state index contributed by atoms with van der Waals surface area (Å²) in [5, 5.41) is 7.61. The lowest BCUT2D eigenvalue weighted by Gasteiger charge is -2.20. The molecule has 0 spiro atoms. The van der Waals surface area contributed by atoms with E-state index in [1.54, 1.807) is 24.3 Å². The standard InChI is InChI=1S/C22H26N4O3S2/c1-12-11-17(29-25-12)23-19(27)13(2)30-22-24-20-18(15-9-5-6-10-16(15)31-20)21(28)26(22)14-7-3-4-8-14/h11,13-14H,3-10H2,1-2H3,(H,23,27). The first-order valence-electron chi connectivity index (χ1n) is 11.0. The van der Waals surface area contributed by atoms with Gasteiger partial charge in [0.2, 0.25) is 11.8 Å². The average Bonchev–Trinajstić information content (AvgIpc) is 3.48. The van der Waals surface area contributed by atoms with E-state index in [0.717, 1.165) is 55.2 Å². The molecule has 0 radical (unpaired) electrons. The number of carbonyl (C=O) groups excluding carboxylic acids is 1. The van der Waals surface area contributed by atoms with Gasteiger partial charge >= 0.3 is 0 Å². The van der Waals surface area contributed by atoms with Crippen LogP contribution in [0.2, 0.25) is 0 Å². The van der Waals surface area contributed by atoms with Crippen molar-refractivity contribution in [3.8, 4) is 0 Å². The molecule has 1 atom stereocenters. The fraction of sp³-hybridized carbons (Fsp3) is 0.545. The van der Waals surface area contributed by atoms with Crippen LogP contribution in [0.3, 0.4) is 0 Å². The normalized spacial score (nSPS) is 17.7. The maximum absolute atomic E-state index is 13.7. The number of thioether (sulfide) groups is 1. The minimum Gasteiger partial charge on any atom is -0.338 e. The van der Waals surface area contributed by atoms with Gasteiger partial charge in [0.1, 0.15) is 4.83 Å². The van der Waals surface area contributed by atoms with E-state index in [1.165, 1.54) is 28.6 Å². The number of nitrogens with one attached hydrogen (secondary N) is 1. The smallest absolute Gasteiger partial charge is 0.263 e. The van der Waals surface area contributed by atoms with Gasteiger partial charge in [0.15, 0.2) is 5.16 Å². The summed E-state index contributed by atoms with van der Waals surface area (Å²) in [5.74, 6) is 0.136. The number of hydrogen-bond acceptors (Lipinski definition) is 7. The molecule has 1 fully saturated rings. The third-order valence-electron chi connectivity index (χ3n) is 6.20. The minimum atomic E-state index is -0.433. The molecule has 2 aliphatic carbocycles.